The van der Waals surface area contributed by atoms with Gasteiger partial charge in [-0.15, -0.1) is 0 Å². The molecule has 0 radical (unpaired) electrons. The molecule has 2 fully saturated rings. The van der Waals surface area contributed by atoms with Crippen LogP contribution in [0.15, 0.2) is 34.3 Å². The number of nitrogens with one attached hydrogen (secondary N) is 1. The minimum atomic E-state index is -3.81. The van der Waals surface area contributed by atoms with Crippen LogP contribution in [-0.2, 0) is 14.9 Å². The van der Waals surface area contributed by atoms with E-state index in [4.69, 9.17) is 4.84 Å². The van der Waals surface area contributed by atoms with Gasteiger partial charge in [0.2, 0.25) is 0 Å². The number of nitrogens with zero attached hydrogens (tertiary/aromatic N) is 2. The van der Waals surface area contributed by atoms with Gasteiger partial charge >= 0.3 is 0 Å². The van der Waals surface area contributed by atoms with Crippen molar-refractivity contribution in [3.05, 3.63) is 29.8 Å². The quantitative estimate of drug-likeness (QED) is 0.779. The van der Waals surface area contributed by atoms with Gasteiger partial charge in [0.05, 0.1) is 12.0 Å². The predicted molar refractivity (Wildman–Crippen MR) is 103 cm³/mol. The number of hydroxylamine groups is 1. The first-order chi connectivity index (χ1) is 12.5. The summed E-state index contributed by atoms with van der Waals surface area (Å²) in [5.41, 5.74) is 4.05. The van der Waals surface area contributed by atoms with Crippen LogP contribution in [0.1, 0.15) is 50.4 Å². The van der Waals surface area contributed by atoms with E-state index in [1.54, 1.807) is 6.07 Å². The van der Waals surface area contributed by atoms with Gasteiger partial charge in [-0.3, -0.25) is 9.63 Å². The van der Waals surface area contributed by atoms with Crippen molar-refractivity contribution in [2.75, 3.05) is 14.2 Å². The summed E-state index contributed by atoms with van der Waals surface area (Å²) < 4.78 is 25.4. The van der Waals surface area contributed by atoms with Gasteiger partial charge in [-0.1, -0.05) is 31.3 Å². The summed E-state index contributed by atoms with van der Waals surface area (Å²) in [6, 6.07) is 5.84. The van der Waals surface area contributed by atoms with Crippen LogP contribution in [0.4, 0.5) is 0 Å². The van der Waals surface area contributed by atoms with Crippen molar-refractivity contribution in [3.63, 3.8) is 0 Å². The van der Waals surface area contributed by atoms with Gasteiger partial charge in [-0.25, -0.2) is 13.8 Å². The number of benzene rings is 1. The molecule has 8 heteroatoms. The maximum absolute atomic E-state index is 12.5. The molecule has 2 aliphatic carbocycles. The third-order valence-corrected chi connectivity index (χ3v) is 8.47. The number of hydrogen-bond acceptors (Lipinski definition) is 5. The zero-order chi connectivity index (χ0) is 20.0. The van der Waals surface area contributed by atoms with E-state index in [-0.39, 0.29) is 21.3 Å². The lowest BCUT2D eigenvalue weighted by Gasteiger charge is -2.34. The number of amides is 1. The Labute approximate surface area is 160 Å². The number of rotatable bonds is 5. The Hall–Kier alpha value is -1.77. The van der Waals surface area contributed by atoms with E-state index in [0.29, 0.717) is 5.92 Å². The van der Waals surface area contributed by atoms with Crippen LogP contribution >= 0.6 is 0 Å². The number of hydrogen-bond donors (Lipinski definition) is 1. The first kappa shape index (κ1) is 20.0. The summed E-state index contributed by atoms with van der Waals surface area (Å²) in [7, 11) is -1.25. The molecule has 2 atom stereocenters. The van der Waals surface area contributed by atoms with Crippen LogP contribution in [0.25, 0.3) is 0 Å². The molecular formula is C19H27N3O4S. The number of carbonyl (C=O) groups is 1. The van der Waals surface area contributed by atoms with Gasteiger partial charge in [0.15, 0.2) is 0 Å². The summed E-state index contributed by atoms with van der Waals surface area (Å²) in [5.74, 6) is 0.167. The van der Waals surface area contributed by atoms with E-state index in [1.165, 1.54) is 38.8 Å². The number of fused-ring (bicyclic) bond motifs is 2. The average molecular weight is 394 g/mol. The van der Waals surface area contributed by atoms with Gasteiger partial charge in [0, 0.05) is 23.7 Å². The van der Waals surface area contributed by atoms with Crippen LogP contribution < -0.4 is 5.43 Å². The molecule has 0 aliphatic heterocycles. The summed E-state index contributed by atoms with van der Waals surface area (Å²) in [5, 5.41) is 4.43. The maximum Gasteiger partial charge on any atom is 0.271 e. The Morgan fingerprint density at radius 1 is 1.33 bits per heavy atom. The molecule has 1 aromatic carbocycles. The van der Waals surface area contributed by atoms with E-state index >= 15 is 0 Å². The molecule has 0 heterocycles. The largest absolute Gasteiger partial charge is 0.288 e. The van der Waals surface area contributed by atoms with Crippen molar-refractivity contribution >= 4 is 21.6 Å². The van der Waals surface area contributed by atoms with Crippen molar-refractivity contribution in [2.24, 2.45) is 21.8 Å². The van der Waals surface area contributed by atoms with Crippen LogP contribution in [-0.4, -0.2) is 38.7 Å². The van der Waals surface area contributed by atoms with Crippen molar-refractivity contribution in [1.82, 2.24) is 9.89 Å². The minimum absolute atomic E-state index is 0.00267. The molecule has 7 nitrogen and oxygen atoms in total. The van der Waals surface area contributed by atoms with E-state index in [1.807, 2.05) is 0 Å². The highest BCUT2D eigenvalue weighted by Gasteiger charge is 2.60. The molecule has 2 bridgehead atoms. The van der Waals surface area contributed by atoms with Gasteiger partial charge in [-0.2, -0.15) is 5.10 Å². The monoisotopic (exact) mass is 393 g/mol. The zero-order valence-electron chi connectivity index (χ0n) is 16.4. The second-order valence-corrected chi connectivity index (χ2v) is 10.1. The molecular weight excluding hydrogens is 366 g/mol. The molecule has 3 rings (SSSR count). The summed E-state index contributed by atoms with van der Waals surface area (Å²) in [6.45, 7) is 6.77. The second-order valence-electron chi connectivity index (χ2n) is 8.12. The average Bonchev–Trinajstić information content (AvgIpc) is 2.98. The van der Waals surface area contributed by atoms with Crippen molar-refractivity contribution < 1.29 is 18.0 Å². The van der Waals surface area contributed by atoms with Gasteiger partial charge in [0.1, 0.15) is 0 Å². The topological polar surface area (TPSA) is 88.1 Å². The highest BCUT2D eigenvalue weighted by atomic mass is 32.2. The third-order valence-electron chi connectivity index (χ3n) is 6.79. The fraction of sp³-hybridized carbons (Fsp3) is 0.579. The van der Waals surface area contributed by atoms with E-state index in [9.17, 15) is 13.2 Å². The number of carbonyl (C=O) groups excluding carboxylic acids is 1. The summed E-state index contributed by atoms with van der Waals surface area (Å²) in [6.07, 6.45) is 3.18. The first-order valence-electron chi connectivity index (χ1n) is 9.04. The molecule has 1 aromatic rings. The van der Waals surface area contributed by atoms with Crippen LogP contribution in [0.3, 0.4) is 0 Å². The van der Waals surface area contributed by atoms with E-state index < -0.39 is 15.9 Å². The van der Waals surface area contributed by atoms with Crippen molar-refractivity contribution in [2.45, 2.75) is 44.9 Å². The highest BCUT2D eigenvalue weighted by molar-refractivity contribution is 7.89. The zero-order valence-corrected chi connectivity index (χ0v) is 17.3. The molecule has 2 aliphatic rings. The molecule has 1 amide bonds. The molecule has 0 aromatic heterocycles. The van der Waals surface area contributed by atoms with Crippen LogP contribution in [0.2, 0.25) is 0 Å². The third kappa shape index (κ3) is 3.09. The standard InChI is InChI=1S/C19H27N3O4S/c1-18(2)14-9-10-19(18,3)16(12-14)20-21-17(23)13-7-6-8-15(11-13)27(24,25)22(4)26-5/h6-8,11,14H,9-10,12H2,1-5H3,(H,21,23)/b20-16-/t14-,19-/m0/s1. The van der Waals surface area contributed by atoms with Crippen LogP contribution in [0.5, 0.6) is 0 Å². The molecule has 1 N–H and O–H groups in total. The smallest absolute Gasteiger partial charge is 0.271 e. The Morgan fingerprint density at radius 3 is 2.59 bits per heavy atom. The second kappa shape index (κ2) is 6.68. The lowest BCUT2D eigenvalue weighted by atomic mass is 9.70. The molecule has 0 saturated heterocycles. The van der Waals surface area contributed by atoms with Gasteiger partial charge in [0.25, 0.3) is 15.9 Å². The minimum Gasteiger partial charge on any atom is -0.288 e. The molecule has 0 unspecified atom stereocenters. The fourth-order valence-electron chi connectivity index (χ4n) is 4.32. The predicted octanol–water partition coefficient (Wildman–Crippen LogP) is 2.80. The van der Waals surface area contributed by atoms with Crippen molar-refractivity contribution in [3.8, 4) is 0 Å². The summed E-state index contributed by atoms with van der Waals surface area (Å²) >= 11 is 0. The Balaban J connectivity index is 1.80. The normalized spacial score (nSPS) is 28.1. The Kier molecular flexibility index (Phi) is 4.95. The van der Waals surface area contributed by atoms with E-state index in [2.05, 4.69) is 31.3 Å². The van der Waals surface area contributed by atoms with Gasteiger partial charge < -0.3 is 0 Å². The number of sulfonamides is 1. The summed E-state index contributed by atoms with van der Waals surface area (Å²) in [4.78, 5) is 17.3. The SMILES string of the molecule is CON(C)S(=O)(=O)c1cccc(C(=O)N/N=C2/C[C@@H]3CC[C@]2(C)C3(C)C)c1. The number of hydrazone groups is 1. The lowest BCUT2D eigenvalue weighted by molar-refractivity contribution is -0.0258. The van der Waals surface area contributed by atoms with Gasteiger partial charge in [-0.05, 0) is 48.8 Å². The lowest BCUT2D eigenvalue weighted by Crippen LogP contribution is -2.34. The maximum atomic E-state index is 12.5. The molecule has 27 heavy (non-hydrogen) atoms. The molecule has 0 spiro atoms. The van der Waals surface area contributed by atoms with E-state index in [0.717, 1.165) is 23.0 Å². The Morgan fingerprint density at radius 2 is 2.04 bits per heavy atom. The molecule has 2 saturated carbocycles. The van der Waals surface area contributed by atoms with Crippen LogP contribution in [0, 0.1) is 16.7 Å². The molecule has 148 valence electrons. The van der Waals surface area contributed by atoms with Crippen molar-refractivity contribution in [1.29, 1.82) is 0 Å². The Bertz CT molecular complexity index is 894. The first-order valence-corrected chi connectivity index (χ1v) is 10.5. The fourth-order valence-corrected chi connectivity index (χ4v) is 5.34. The highest BCUT2D eigenvalue weighted by Crippen LogP contribution is 2.63.